The summed E-state index contributed by atoms with van der Waals surface area (Å²) in [4.78, 5) is 1.000. The summed E-state index contributed by atoms with van der Waals surface area (Å²) in [5.41, 5.74) is 2.48. The number of thiol groups is 1. The van der Waals surface area contributed by atoms with E-state index >= 15 is 0 Å². The van der Waals surface area contributed by atoms with Crippen molar-refractivity contribution < 1.29 is 0 Å². The predicted octanol–water partition coefficient (Wildman–Crippen LogP) is 3.26. The zero-order valence-electron chi connectivity index (χ0n) is 8.14. The van der Waals surface area contributed by atoms with E-state index in [4.69, 9.17) is 0 Å². The summed E-state index contributed by atoms with van der Waals surface area (Å²) in [6.45, 7) is 0. The number of hydrogen-bond acceptors (Lipinski definition) is 1. The Labute approximate surface area is 102 Å². The van der Waals surface area contributed by atoms with Gasteiger partial charge < -0.3 is 0 Å². The quantitative estimate of drug-likeness (QED) is 0.521. The molecule has 0 saturated heterocycles. The van der Waals surface area contributed by atoms with Crippen LogP contribution >= 0.6 is 12.6 Å². The third-order valence-corrected chi connectivity index (χ3v) is 2.27. The summed E-state index contributed by atoms with van der Waals surface area (Å²) >= 11 is 4.24. The molecule has 0 aliphatic carbocycles. The molecule has 0 bridgehead atoms. The SMILES string of the molecule is Sc1ccc(-c2ccccc2)cc1.[Li]. The van der Waals surface area contributed by atoms with Gasteiger partial charge in [-0.05, 0) is 23.3 Å². The number of rotatable bonds is 1. The topological polar surface area (TPSA) is 0 Å². The van der Waals surface area contributed by atoms with Gasteiger partial charge in [-0.3, -0.25) is 0 Å². The minimum atomic E-state index is 0. The van der Waals surface area contributed by atoms with Crippen LogP contribution in [0.15, 0.2) is 59.5 Å². The molecule has 1 radical (unpaired) electrons. The van der Waals surface area contributed by atoms with E-state index in [1.807, 2.05) is 30.3 Å². The fourth-order valence-electron chi connectivity index (χ4n) is 1.28. The van der Waals surface area contributed by atoms with E-state index in [1.165, 1.54) is 11.1 Å². The molecule has 65 valence electrons. The van der Waals surface area contributed by atoms with Crippen LogP contribution in [0.25, 0.3) is 11.1 Å². The third-order valence-electron chi connectivity index (χ3n) is 1.97. The molecular formula is C12H10LiS. The van der Waals surface area contributed by atoms with E-state index in [0.717, 1.165) is 4.90 Å². The molecule has 2 aromatic rings. The Balaban J connectivity index is 0.000000980. The Kier molecular flexibility index (Phi) is 4.35. The molecular weight excluding hydrogens is 183 g/mol. The Morgan fingerprint density at radius 3 is 1.71 bits per heavy atom. The van der Waals surface area contributed by atoms with Gasteiger partial charge in [0.15, 0.2) is 0 Å². The van der Waals surface area contributed by atoms with Crippen LogP contribution in [0.5, 0.6) is 0 Å². The first-order valence-corrected chi connectivity index (χ1v) is 4.65. The van der Waals surface area contributed by atoms with Gasteiger partial charge in [-0.1, -0.05) is 42.5 Å². The van der Waals surface area contributed by atoms with Crippen LogP contribution in [0.1, 0.15) is 0 Å². The first-order valence-electron chi connectivity index (χ1n) is 4.21. The van der Waals surface area contributed by atoms with Crippen LogP contribution in [-0.4, -0.2) is 18.9 Å². The van der Waals surface area contributed by atoms with E-state index in [2.05, 4.69) is 36.9 Å². The van der Waals surface area contributed by atoms with Crippen molar-refractivity contribution in [1.29, 1.82) is 0 Å². The molecule has 0 amide bonds. The fraction of sp³-hybridized carbons (Fsp3) is 0. The van der Waals surface area contributed by atoms with Gasteiger partial charge in [0.1, 0.15) is 0 Å². The van der Waals surface area contributed by atoms with Crippen molar-refractivity contribution in [3.63, 3.8) is 0 Å². The standard InChI is InChI=1S/C12H10S.Li/c13-12-8-6-11(7-9-12)10-4-2-1-3-5-10;/h1-9,13H;. The summed E-state index contributed by atoms with van der Waals surface area (Å²) in [6, 6.07) is 18.5. The van der Waals surface area contributed by atoms with Gasteiger partial charge in [-0.25, -0.2) is 0 Å². The average molecular weight is 193 g/mol. The third kappa shape index (κ3) is 2.69. The normalized spacial score (nSPS) is 9.21. The smallest absolute Gasteiger partial charge is 0.00404 e. The molecule has 0 aromatic heterocycles. The van der Waals surface area contributed by atoms with Gasteiger partial charge in [0.25, 0.3) is 0 Å². The summed E-state index contributed by atoms with van der Waals surface area (Å²) in [5, 5.41) is 0. The first kappa shape index (κ1) is 11.5. The first-order chi connectivity index (χ1) is 6.36. The van der Waals surface area contributed by atoms with Crippen LogP contribution in [0.3, 0.4) is 0 Å². The van der Waals surface area contributed by atoms with Crippen molar-refractivity contribution in [1.82, 2.24) is 0 Å². The summed E-state index contributed by atoms with van der Waals surface area (Å²) in [5.74, 6) is 0. The maximum atomic E-state index is 4.24. The molecule has 14 heavy (non-hydrogen) atoms. The molecule has 0 unspecified atom stereocenters. The Morgan fingerprint density at radius 2 is 1.14 bits per heavy atom. The van der Waals surface area contributed by atoms with E-state index in [0.29, 0.717) is 0 Å². The Bertz CT molecular complexity index is 381. The number of benzene rings is 2. The minimum Gasteiger partial charge on any atom is -0.143 e. The molecule has 0 heterocycles. The summed E-state index contributed by atoms with van der Waals surface area (Å²) in [7, 11) is 0. The second-order valence-corrected chi connectivity index (χ2v) is 3.43. The molecule has 0 aliphatic rings. The largest absolute Gasteiger partial charge is 0.143 e. The van der Waals surface area contributed by atoms with Gasteiger partial charge in [0.05, 0.1) is 0 Å². The molecule has 0 atom stereocenters. The van der Waals surface area contributed by atoms with Gasteiger partial charge in [-0.15, -0.1) is 12.6 Å². The molecule has 0 fully saturated rings. The minimum absolute atomic E-state index is 0. The van der Waals surface area contributed by atoms with Crippen LogP contribution in [-0.2, 0) is 0 Å². The van der Waals surface area contributed by atoms with Gasteiger partial charge >= 0.3 is 0 Å². The second-order valence-electron chi connectivity index (χ2n) is 2.91. The van der Waals surface area contributed by atoms with Crippen molar-refractivity contribution in [2.75, 3.05) is 0 Å². The zero-order valence-corrected chi connectivity index (χ0v) is 9.04. The average Bonchev–Trinajstić information content (AvgIpc) is 2.20. The fourth-order valence-corrected chi connectivity index (χ4v) is 1.43. The molecule has 0 N–H and O–H groups in total. The molecule has 2 rings (SSSR count). The van der Waals surface area contributed by atoms with E-state index in [9.17, 15) is 0 Å². The van der Waals surface area contributed by atoms with Crippen LogP contribution in [0, 0.1) is 0 Å². The number of hydrogen-bond donors (Lipinski definition) is 1. The van der Waals surface area contributed by atoms with Crippen molar-refractivity contribution in [3.8, 4) is 11.1 Å². The molecule has 2 heteroatoms. The Hall–Kier alpha value is -0.613. The Morgan fingerprint density at radius 1 is 0.643 bits per heavy atom. The van der Waals surface area contributed by atoms with Crippen molar-refractivity contribution in [3.05, 3.63) is 54.6 Å². The van der Waals surface area contributed by atoms with Gasteiger partial charge in [-0.2, -0.15) is 0 Å². The summed E-state index contributed by atoms with van der Waals surface area (Å²) in [6.07, 6.45) is 0. The van der Waals surface area contributed by atoms with E-state index in [1.54, 1.807) is 0 Å². The summed E-state index contributed by atoms with van der Waals surface area (Å²) < 4.78 is 0. The molecule has 2 aromatic carbocycles. The van der Waals surface area contributed by atoms with Gasteiger partial charge in [0, 0.05) is 23.8 Å². The van der Waals surface area contributed by atoms with Crippen LogP contribution in [0.4, 0.5) is 0 Å². The van der Waals surface area contributed by atoms with E-state index in [-0.39, 0.29) is 18.9 Å². The zero-order chi connectivity index (χ0) is 9.10. The van der Waals surface area contributed by atoms with Crippen LogP contribution in [0.2, 0.25) is 0 Å². The van der Waals surface area contributed by atoms with Crippen molar-refractivity contribution in [2.45, 2.75) is 4.90 Å². The monoisotopic (exact) mass is 193 g/mol. The van der Waals surface area contributed by atoms with Crippen LogP contribution < -0.4 is 0 Å². The molecule has 0 saturated carbocycles. The maximum absolute atomic E-state index is 4.24. The van der Waals surface area contributed by atoms with Gasteiger partial charge in [0.2, 0.25) is 0 Å². The van der Waals surface area contributed by atoms with Crippen molar-refractivity contribution in [2.24, 2.45) is 0 Å². The maximum Gasteiger partial charge on any atom is 0.00404 e. The van der Waals surface area contributed by atoms with E-state index < -0.39 is 0 Å². The molecule has 0 spiro atoms. The molecule has 0 aliphatic heterocycles. The predicted molar refractivity (Wildman–Crippen MR) is 64.9 cm³/mol. The second kappa shape index (κ2) is 5.31. The molecule has 0 nitrogen and oxygen atoms in total. The van der Waals surface area contributed by atoms with Crippen molar-refractivity contribution >= 4 is 31.5 Å².